The lowest BCUT2D eigenvalue weighted by atomic mass is 10.1. The Morgan fingerprint density at radius 3 is 2.33 bits per heavy atom. The Kier molecular flexibility index (Phi) is 5.85. The van der Waals surface area contributed by atoms with Crippen molar-refractivity contribution in [1.29, 1.82) is 0 Å². The Bertz CT molecular complexity index is 1070. The summed E-state index contributed by atoms with van der Waals surface area (Å²) in [6, 6.07) is 17.9. The van der Waals surface area contributed by atoms with Gasteiger partial charge in [0.1, 0.15) is 0 Å². The molecule has 2 aromatic carbocycles. The molecule has 3 amide bonds. The van der Waals surface area contributed by atoms with Crippen LogP contribution in [-0.2, 0) is 17.8 Å². The minimum Gasteiger partial charge on any atom is -0.343 e. The maximum absolute atomic E-state index is 12.7. The minimum absolute atomic E-state index is 0.0103. The molecular weight excluding hydrogens is 400 g/mol. The van der Waals surface area contributed by atoms with Crippen molar-refractivity contribution in [3.63, 3.8) is 0 Å². The van der Waals surface area contributed by atoms with Gasteiger partial charge in [0.25, 0.3) is 11.8 Å². The number of nitrogens with one attached hydrogen (secondary N) is 2. The molecule has 3 aromatic rings. The van der Waals surface area contributed by atoms with Gasteiger partial charge in [0.2, 0.25) is 5.91 Å². The second kappa shape index (κ2) is 8.87. The van der Waals surface area contributed by atoms with Gasteiger partial charge in [-0.1, -0.05) is 47.7 Å². The fourth-order valence-corrected chi connectivity index (χ4v) is 4.24. The van der Waals surface area contributed by atoms with Crippen LogP contribution in [0.2, 0.25) is 0 Å². The third-order valence-corrected chi connectivity index (χ3v) is 5.73. The third-order valence-electron chi connectivity index (χ3n) is 4.73. The number of carbonyl (C=O) groups excluding carboxylic acids is 3. The molecule has 4 rings (SSSR count). The van der Waals surface area contributed by atoms with Crippen LogP contribution in [0.1, 0.15) is 31.3 Å². The Labute approximate surface area is 177 Å². The number of anilines is 1. The maximum atomic E-state index is 12.7. The van der Waals surface area contributed by atoms with Crippen LogP contribution in [0.5, 0.6) is 0 Å². The van der Waals surface area contributed by atoms with E-state index in [0.717, 1.165) is 10.6 Å². The third kappa shape index (κ3) is 4.55. The molecule has 7 nitrogen and oxygen atoms in total. The van der Waals surface area contributed by atoms with Crippen LogP contribution in [0, 0.1) is 0 Å². The van der Waals surface area contributed by atoms with Gasteiger partial charge in [-0.2, -0.15) is 0 Å². The van der Waals surface area contributed by atoms with E-state index in [1.807, 2.05) is 24.3 Å². The molecule has 1 aliphatic rings. The van der Waals surface area contributed by atoms with E-state index in [2.05, 4.69) is 15.6 Å². The number of nitrogens with zero attached hydrogens (tertiary/aromatic N) is 2. The molecule has 0 saturated carbocycles. The molecule has 0 unspecified atom stereocenters. The Morgan fingerprint density at radius 1 is 0.967 bits per heavy atom. The molecular formula is C22H20N4O3S. The molecule has 0 radical (unpaired) electrons. The van der Waals surface area contributed by atoms with Gasteiger partial charge in [-0.3, -0.25) is 14.4 Å². The number of thiazole rings is 1. The van der Waals surface area contributed by atoms with Crippen molar-refractivity contribution >= 4 is 34.2 Å². The van der Waals surface area contributed by atoms with Crippen LogP contribution >= 0.6 is 11.3 Å². The van der Waals surface area contributed by atoms with Crippen LogP contribution in [0.15, 0.2) is 60.7 Å². The summed E-state index contributed by atoms with van der Waals surface area (Å²) in [6.07, 6.45) is 0.644. The fourth-order valence-electron chi connectivity index (χ4n) is 3.20. The highest BCUT2D eigenvalue weighted by molar-refractivity contribution is 7.15. The number of benzene rings is 2. The number of carbonyl (C=O) groups is 3. The summed E-state index contributed by atoms with van der Waals surface area (Å²) in [5, 5.41) is 5.81. The molecule has 1 aliphatic heterocycles. The highest BCUT2D eigenvalue weighted by Crippen LogP contribution is 2.29. The number of hydrogen-bond acceptors (Lipinski definition) is 5. The molecule has 0 aliphatic carbocycles. The van der Waals surface area contributed by atoms with E-state index in [0.29, 0.717) is 35.8 Å². The van der Waals surface area contributed by atoms with Gasteiger partial charge in [0.05, 0.1) is 18.8 Å². The number of fused-ring (bicyclic) bond motifs is 1. The largest absolute Gasteiger partial charge is 0.343 e. The Balaban J connectivity index is 1.33. The first-order chi connectivity index (χ1) is 14.6. The Hall–Kier alpha value is -3.52. The van der Waals surface area contributed by atoms with E-state index in [9.17, 15) is 14.4 Å². The van der Waals surface area contributed by atoms with Crippen molar-refractivity contribution < 1.29 is 14.4 Å². The average molecular weight is 420 g/mol. The van der Waals surface area contributed by atoms with E-state index in [-0.39, 0.29) is 24.3 Å². The van der Waals surface area contributed by atoms with E-state index in [1.54, 1.807) is 41.3 Å². The monoisotopic (exact) mass is 420 g/mol. The number of rotatable bonds is 5. The van der Waals surface area contributed by atoms with Crippen molar-refractivity contribution in [2.45, 2.75) is 13.0 Å². The molecule has 0 bridgehead atoms. The fraction of sp³-hybridized carbons (Fsp3) is 0.182. The molecule has 2 N–H and O–H groups in total. The summed E-state index contributed by atoms with van der Waals surface area (Å²) in [4.78, 5) is 44.1. The number of hydrogen-bond donors (Lipinski definition) is 2. The van der Waals surface area contributed by atoms with Crippen molar-refractivity contribution in [2.75, 3.05) is 18.4 Å². The predicted octanol–water partition coefficient (Wildman–Crippen LogP) is 2.71. The summed E-state index contributed by atoms with van der Waals surface area (Å²) in [5.41, 5.74) is 2.06. The summed E-state index contributed by atoms with van der Waals surface area (Å²) in [5.74, 6) is -0.661. The zero-order valence-electron chi connectivity index (χ0n) is 16.1. The number of amides is 3. The molecule has 8 heteroatoms. The van der Waals surface area contributed by atoms with Crippen molar-refractivity contribution in [3.8, 4) is 0 Å². The predicted molar refractivity (Wildman–Crippen MR) is 114 cm³/mol. The van der Waals surface area contributed by atoms with Gasteiger partial charge in [-0.15, -0.1) is 0 Å². The second-order valence-corrected chi connectivity index (χ2v) is 7.91. The van der Waals surface area contributed by atoms with Gasteiger partial charge in [-0.25, -0.2) is 4.98 Å². The Morgan fingerprint density at radius 2 is 1.63 bits per heavy atom. The van der Waals surface area contributed by atoms with E-state index in [4.69, 9.17) is 0 Å². The molecule has 30 heavy (non-hydrogen) atoms. The standard InChI is InChI=1S/C22H20N4O3S/c27-19(13-23-20(28)15-7-3-1-4-8-15)25-22-24-17-11-12-26(14-18(17)30-22)21(29)16-9-5-2-6-10-16/h1-10H,11-14H2,(H,23,28)(H,24,25,27). The summed E-state index contributed by atoms with van der Waals surface area (Å²) < 4.78 is 0. The molecule has 0 fully saturated rings. The van der Waals surface area contributed by atoms with Gasteiger partial charge in [0.15, 0.2) is 5.13 Å². The highest BCUT2D eigenvalue weighted by Gasteiger charge is 2.25. The van der Waals surface area contributed by atoms with Crippen LogP contribution in [-0.4, -0.2) is 40.7 Å². The first kappa shape index (κ1) is 19.8. The average Bonchev–Trinajstić information content (AvgIpc) is 3.19. The SMILES string of the molecule is O=C(CNC(=O)c1ccccc1)Nc1nc2c(s1)CN(C(=O)c1ccccc1)CC2. The van der Waals surface area contributed by atoms with Crippen LogP contribution < -0.4 is 10.6 Å². The number of aromatic nitrogens is 1. The minimum atomic E-state index is -0.345. The lowest BCUT2D eigenvalue weighted by Gasteiger charge is -2.26. The highest BCUT2D eigenvalue weighted by atomic mass is 32.1. The van der Waals surface area contributed by atoms with Gasteiger partial charge >= 0.3 is 0 Å². The van der Waals surface area contributed by atoms with Crippen molar-refractivity contribution in [1.82, 2.24) is 15.2 Å². The first-order valence-corrected chi connectivity index (χ1v) is 10.4. The lowest BCUT2D eigenvalue weighted by Crippen LogP contribution is -2.35. The smallest absolute Gasteiger partial charge is 0.254 e. The zero-order valence-corrected chi connectivity index (χ0v) is 16.9. The summed E-state index contributed by atoms with van der Waals surface area (Å²) in [7, 11) is 0. The van der Waals surface area contributed by atoms with Crippen LogP contribution in [0.25, 0.3) is 0 Å². The molecule has 2 heterocycles. The van der Waals surface area contributed by atoms with E-state index >= 15 is 0 Å². The van der Waals surface area contributed by atoms with Gasteiger partial charge < -0.3 is 15.5 Å². The van der Waals surface area contributed by atoms with Gasteiger partial charge in [0, 0.05) is 29.0 Å². The van der Waals surface area contributed by atoms with E-state index < -0.39 is 0 Å². The van der Waals surface area contributed by atoms with Crippen molar-refractivity contribution in [2.24, 2.45) is 0 Å². The van der Waals surface area contributed by atoms with Gasteiger partial charge in [-0.05, 0) is 24.3 Å². The molecule has 0 atom stereocenters. The summed E-state index contributed by atoms with van der Waals surface area (Å²) in [6.45, 7) is 0.920. The molecule has 0 spiro atoms. The maximum Gasteiger partial charge on any atom is 0.254 e. The molecule has 152 valence electrons. The molecule has 1 aromatic heterocycles. The second-order valence-electron chi connectivity index (χ2n) is 6.83. The van der Waals surface area contributed by atoms with Crippen molar-refractivity contribution in [3.05, 3.63) is 82.4 Å². The first-order valence-electron chi connectivity index (χ1n) is 9.56. The normalized spacial score (nSPS) is 12.7. The molecule has 0 saturated heterocycles. The van der Waals surface area contributed by atoms with Crippen LogP contribution in [0.4, 0.5) is 5.13 Å². The quantitative estimate of drug-likeness (QED) is 0.664. The summed E-state index contributed by atoms with van der Waals surface area (Å²) >= 11 is 1.36. The van der Waals surface area contributed by atoms with Crippen LogP contribution in [0.3, 0.4) is 0 Å². The zero-order chi connectivity index (χ0) is 20.9. The topological polar surface area (TPSA) is 91.4 Å². The van der Waals surface area contributed by atoms with E-state index in [1.165, 1.54) is 11.3 Å². The lowest BCUT2D eigenvalue weighted by molar-refractivity contribution is -0.115.